The SMILES string of the molecule is NCc1ccc(CN2CCC3CCCCC32)s1. The van der Waals surface area contributed by atoms with Crippen molar-refractivity contribution in [3.05, 3.63) is 21.9 Å². The quantitative estimate of drug-likeness (QED) is 0.893. The van der Waals surface area contributed by atoms with Crippen LogP contribution < -0.4 is 5.73 Å². The van der Waals surface area contributed by atoms with Crippen molar-refractivity contribution in [1.29, 1.82) is 0 Å². The summed E-state index contributed by atoms with van der Waals surface area (Å²) in [5.74, 6) is 0.998. The van der Waals surface area contributed by atoms with Gasteiger partial charge in [0.25, 0.3) is 0 Å². The number of nitrogens with zero attached hydrogens (tertiary/aromatic N) is 1. The summed E-state index contributed by atoms with van der Waals surface area (Å²) in [6, 6.07) is 5.34. The largest absolute Gasteiger partial charge is 0.326 e. The Morgan fingerprint density at radius 3 is 2.82 bits per heavy atom. The normalized spacial score (nSPS) is 29.5. The van der Waals surface area contributed by atoms with Crippen LogP contribution in [0, 0.1) is 5.92 Å². The molecule has 17 heavy (non-hydrogen) atoms. The van der Waals surface area contributed by atoms with Crippen LogP contribution in [0.2, 0.25) is 0 Å². The maximum Gasteiger partial charge on any atom is 0.0331 e. The van der Waals surface area contributed by atoms with Crippen LogP contribution in [0.5, 0.6) is 0 Å². The molecule has 2 nitrogen and oxygen atoms in total. The summed E-state index contributed by atoms with van der Waals surface area (Å²) in [4.78, 5) is 5.53. The van der Waals surface area contributed by atoms with Crippen molar-refractivity contribution >= 4 is 11.3 Å². The van der Waals surface area contributed by atoms with Gasteiger partial charge in [-0.2, -0.15) is 0 Å². The van der Waals surface area contributed by atoms with E-state index in [9.17, 15) is 0 Å². The van der Waals surface area contributed by atoms with Gasteiger partial charge in [-0.3, -0.25) is 4.90 Å². The zero-order chi connectivity index (χ0) is 11.7. The molecule has 3 heteroatoms. The molecule has 1 saturated heterocycles. The maximum atomic E-state index is 5.67. The fraction of sp³-hybridized carbons (Fsp3) is 0.714. The molecular formula is C14H22N2S. The van der Waals surface area contributed by atoms with Gasteiger partial charge in [0.05, 0.1) is 0 Å². The average Bonchev–Trinajstić information content (AvgIpc) is 2.97. The first-order valence-electron chi connectivity index (χ1n) is 6.88. The molecule has 1 saturated carbocycles. The molecule has 2 aliphatic rings. The Morgan fingerprint density at radius 2 is 2.00 bits per heavy atom. The highest BCUT2D eigenvalue weighted by atomic mass is 32.1. The molecule has 1 aromatic rings. The molecule has 2 unspecified atom stereocenters. The van der Waals surface area contributed by atoms with E-state index in [1.165, 1.54) is 48.4 Å². The van der Waals surface area contributed by atoms with Gasteiger partial charge in [0, 0.05) is 28.9 Å². The molecule has 1 aliphatic carbocycles. The standard InChI is InChI=1S/C14H22N2S/c15-9-12-5-6-13(17-12)10-16-8-7-11-3-1-2-4-14(11)16/h5-6,11,14H,1-4,7-10,15H2. The molecule has 2 fully saturated rings. The van der Waals surface area contributed by atoms with Gasteiger partial charge in [0.2, 0.25) is 0 Å². The summed E-state index contributed by atoms with van der Waals surface area (Å²) in [5.41, 5.74) is 5.67. The molecule has 1 aromatic heterocycles. The zero-order valence-corrected chi connectivity index (χ0v) is 11.2. The summed E-state index contributed by atoms with van der Waals surface area (Å²) in [5, 5.41) is 0. The molecule has 0 amide bonds. The van der Waals surface area contributed by atoms with Crippen molar-refractivity contribution in [2.24, 2.45) is 11.7 Å². The van der Waals surface area contributed by atoms with Gasteiger partial charge in [-0.15, -0.1) is 11.3 Å². The molecule has 0 aromatic carbocycles. The van der Waals surface area contributed by atoms with Gasteiger partial charge in [0.15, 0.2) is 0 Å². The van der Waals surface area contributed by atoms with E-state index in [1.54, 1.807) is 0 Å². The van der Waals surface area contributed by atoms with Crippen LogP contribution in [-0.2, 0) is 13.1 Å². The smallest absolute Gasteiger partial charge is 0.0331 e. The summed E-state index contributed by atoms with van der Waals surface area (Å²) < 4.78 is 0. The van der Waals surface area contributed by atoms with Crippen molar-refractivity contribution in [2.75, 3.05) is 6.54 Å². The van der Waals surface area contributed by atoms with Gasteiger partial charge >= 0.3 is 0 Å². The van der Waals surface area contributed by atoms with Crippen molar-refractivity contribution in [2.45, 2.75) is 51.2 Å². The predicted molar refractivity (Wildman–Crippen MR) is 73.0 cm³/mol. The van der Waals surface area contributed by atoms with Crippen LogP contribution in [0.4, 0.5) is 0 Å². The lowest BCUT2D eigenvalue weighted by Crippen LogP contribution is -2.33. The maximum absolute atomic E-state index is 5.67. The van der Waals surface area contributed by atoms with Gasteiger partial charge in [0.1, 0.15) is 0 Å². The third-order valence-electron chi connectivity index (χ3n) is 4.40. The Labute approximate surface area is 108 Å². The molecule has 0 radical (unpaired) electrons. The second-order valence-electron chi connectivity index (χ2n) is 5.44. The Bertz CT molecular complexity index is 374. The number of rotatable bonds is 3. The first-order valence-corrected chi connectivity index (χ1v) is 7.70. The summed E-state index contributed by atoms with van der Waals surface area (Å²) in [6.45, 7) is 3.16. The van der Waals surface area contributed by atoms with E-state index in [0.29, 0.717) is 6.54 Å². The highest BCUT2D eigenvalue weighted by Gasteiger charge is 2.35. The number of likely N-dealkylation sites (tertiary alicyclic amines) is 1. The number of fused-ring (bicyclic) bond motifs is 1. The second-order valence-corrected chi connectivity index (χ2v) is 6.70. The van der Waals surface area contributed by atoms with E-state index in [4.69, 9.17) is 5.73 Å². The lowest BCUT2D eigenvalue weighted by molar-refractivity contribution is 0.177. The molecule has 2 heterocycles. The monoisotopic (exact) mass is 250 g/mol. The summed E-state index contributed by atoms with van der Waals surface area (Å²) >= 11 is 1.89. The number of thiophene rings is 1. The predicted octanol–water partition coefficient (Wildman–Crippen LogP) is 2.97. The fourth-order valence-electron chi connectivity index (χ4n) is 3.52. The van der Waals surface area contributed by atoms with Crippen LogP contribution in [0.3, 0.4) is 0 Å². The van der Waals surface area contributed by atoms with Crippen LogP contribution in [0.25, 0.3) is 0 Å². The first-order chi connectivity index (χ1) is 8.36. The van der Waals surface area contributed by atoms with Crippen LogP contribution in [0.1, 0.15) is 41.9 Å². The Kier molecular flexibility index (Phi) is 3.50. The third kappa shape index (κ3) is 2.42. The van der Waals surface area contributed by atoms with Crippen LogP contribution in [-0.4, -0.2) is 17.5 Å². The molecule has 0 spiro atoms. The van der Waals surface area contributed by atoms with Crippen molar-refractivity contribution < 1.29 is 0 Å². The minimum Gasteiger partial charge on any atom is -0.326 e. The minimum atomic E-state index is 0.691. The number of hydrogen-bond acceptors (Lipinski definition) is 3. The van der Waals surface area contributed by atoms with Gasteiger partial charge in [-0.05, 0) is 43.9 Å². The van der Waals surface area contributed by atoms with E-state index < -0.39 is 0 Å². The van der Waals surface area contributed by atoms with Gasteiger partial charge < -0.3 is 5.73 Å². The van der Waals surface area contributed by atoms with Crippen molar-refractivity contribution in [1.82, 2.24) is 4.90 Å². The minimum absolute atomic E-state index is 0.691. The fourth-order valence-corrected chi connectivity index (χ4v) is 4.44. The molecule has 94 valence electrons. The molecule has 2 N–H and O–H groups in total. The Hall–Kier alpha value is -0.380. The van der Waals surface area contributed by atoms with E-state index >= 15 is 0 Å². The highest BCUT2D eigenvalue weighted by Crippen LogP contribution is 2.37. The van der Waals surface area contributed by atoms with Gasteiger partial charge in [-0.1, -0.05) is 12.8 Å². The molecule has 3 rings (SSSR count). The average molecular weight is 250 g/mol. The second kappa shape index (κ2) is 5.09. The van der Waals surface area contributed by atoms with Gasteiger partial charge in [-0.25, -0.2) is 0 Å². The molecule has 1 aliphatic heterocycles. The van der Waals surface area contributed by atoms with Crippen LogP contribution >= 0.6 is 11.3 Å². The number of hydrogen-bond donors (Lipinski definition) is 1. The van der Waals surface area contributed by atoms with Crippen molar-refractivity contribution in [3.63, 3.8) is 0 Å². The van der Waals surface area contributed by atoms with Crippen molar-refractivity contribution in [3.8, 4) is 0 Å². The summed E-state index contributed by atoms with van der Waals surface area (Å²) in [6.07, 6.45) is 7.24. The van der Waals surface area contributed by atoms with E-state index in [0.717, 1.165) is 18.5 Å². The Morgan fingerprint density at radius 1 is 1.18 bits per heavy atom. The molecule has 0 bridgehead atoms. The van der Waals surface area contributed by atoms with Crippen LogP contribution in [0.15, 0.2) is 12.1 Å². The third-order valence-corrected chi connectivity index (χ3v) is 5.49. The highest BCUT2D eigenvalue weighted by molar-refractivity contribution is 7.11. The molecular weight excluding hydrogens is 228 g/mol. The first kappa shape index (κ1) is 11.7. The molecule has 2 atom stereocenters. The lowest BCUT2D eigenvalue weighted by Gasteiger charge is -2.31. The summed E-state index contributed by atoms with van der Waals surface area (Å²) in [7, 11) is 0. The number of nitrogens with two attached hydrogens (primary N) is 1. The Balaban J connectivity index is 1.65. The lowest BCUT2D eigenvalue weighted by atomic mass is 9.85. The van der Waals surface area contributed by atoms with E-state index in [2.05, 4.69) is 17.0 Å². The van der Waals surface area contributed by atoms with E-state index in [1.807, 2.05) is 11.3 Å². The zero-order valence-electron chi connectivity index (χ0n) is 10.4. The topological polar surface area (TPSA) is 29.3 Å². The van der Waals surface area contributed by atoms with E-state index in [-0.39, 0.29) is 0 Å².